The van der Waals surface area contributed by atoms with Gasteiger partial charge in [0.25, 0.3) is 5.69 Å². The zero-order valence-corrected chi connectivity index (χ0v) is 25.0. The van der Waals surface area contributed by atoms with Crippen LogP contribution in [0.5, 0.6) is 0 Å². The Morgan fingerprint density at radius 2 is 1.60 bits per heavy atom. The second-order valence-corrected chi connectivity index (χ2v) is 10.7. The zero-order chi connectivity index (χ0) is 32.8. The van der Waals surface area contributed by atoms with Gasteiger partial charge in [0.1, 0.15) is 12.6 Å². The summed E-state index contributed by atoms with van der Waals surface area (Å²) in [4.78, 5) is 48.9. The lowest BCUT2D eigenvalue weighted by Gasteiger charge is -2.21. The summed E-state index contributed by atoms with van der Waals surface area (Å²) < 4.78 is 46.8. The second-order valence-electron chi connectivity index (χ2n) is 9.80. The van der Waals surface area contributed by atoms with E-state index in [1.54, 1.807) is 6.92 Å². The van der Waals surface area contributed by atoms with Crippen LogP contribution in [0, 0.1) is 10.1 Å². The van der Waals surface area contributed by atoms with E-state index < -0.39 is 46.7 Å². The number of nitro benzene ring substituents is 1. The van der Waals surface area contributed by atoms with Crippen LogP contribution in [0.15, 0.2) is 83.8 Å². The molecular weight excluding hydrogens is 615 g/mol. The highest BCUT2D eigenvalue weighted by molar-refractivity contribution is 7.97. The second kappa shape index (κ2) is 17.0. The molecule has 0 saturated carbocycles. The molecule has 45 heavy (non-hydrogen) atoms. The van der Waals surface area contributed by atoms with Gasteiger partial charge in [-0.15, -0.1) is 0 Å². The molecule has 0 fully saturated rings. The van der Waals surface area contributed by atoms with Gasteiger partial charge in [-0.25, -0.2) is 9.52 Å². The molecule has 2 atom stereocenters. The standard InChI is InChI=1S/C30H32F3N5O6S/c1-20(37-45-25-16-14-24(15-17-25)38(42)43)27(39)36-26(28(40)35-23-12-10-22(11-13-23)30(31,32)33)9-5-6-18-34-29(41)44-19-21-7-3-2-4-8-21/h2-4,7-8,10-17,20,26,37H,5-6,9,18-19H2,1H3,(H,34,41)(H,35,40)(H,36,39)/t20-,26-/m0/s1. The number of nitro groups is 1. The number of hydrogen-bond donors (Lipinski definition) is 4. The number of nitrogens with one attached hydrogen (secondary N) is 4. The molecule has 0 heterocycles. The average Bonchev–Trinajstić information content (AvgIpc) is 3.02. The maximum Gasteiger partial charge on any atom is 0.416 e. The third kappa shape index (κ3) is 12.1. The Kier molecular flexibility index (Phi) is 13.2. The molecule has 0 aliphatic rings. The summed E-state index contributed by atoms with van der Waals surface area (Å²) in [6.45, 7) is 1.92. The van der Waals surface area contributed by atoms with Crippen LogP contribution < -0.4 is 20.7 Å². The van der Waals surface area contributed by atoms with Crippen molar-refractivity contribution in [3.63, 3.8) is 0 Å². The molecule has 3 rings (SSSR count). The van der Waals surface area contributed by atoms with E-state index in [2.05, 4.69) is 20.7 Å². The third-order valence-electron chi connectivity index (χ3n) is 6.31. The monoisotopic (exact) mass is 647 g/mol. The van der Waals surface area contributed by atoms with Crippen molar-refractivity contribution in [2.75, 3.05) is 11.9 Å². The number of unbranched alkanes of at least 4 members (excludes halogenated alkanes) is 1. The van der Waals surface area contributed by atoms with Crippen LogP contribution in [0.2, 0.25) is 0 Å². The highest BCUT2D eigenvalue weighted by atomic mass is 32.2. The predicted molar refractivity (Wildman–Crippen MR) is 162 cm³/mol. The van der Waals surface area contributed by atoms with E-state index in [1.165, 1.54) is 24.3 Å². The van der Waals surface area contributed by atoms with Gasteiger partial charge in [-0.2, -0.15) is 13.2 Å². The first-order valence-electron chi connectivity index (χ1n) is 13.8. The van der Waals surface area contributed by atoms with Crippen LogP contribution in [-0.4, -0.2) is 41.5 Å². The van der Waals surface area contributed by atoms with Gasteiger partial charge in [0, 0.05) is 29.3 Å². The molecule has 3 aromatic carbocycles. The molecule has 3 aromatic rings. The van der Waals surface area contributed by atoms with Crippen molar-refractivity contribution in [1.29, 1.82) is 0 Å². The number of non-ortho nitro benzene ring substituents is 1. The van der Waals surface area contributed by atoms with Crippen molar-refractivity contribution in [2.45, 2.75) is 55.9 Å². The summed E-state index contributed by atoms with van der Waals surface area (Å²) in [5.74, 6) is -1.16. The van der Waals surface area contributed by atoms with Crippen molar-refractivity contribution in [3.05, 3.63) is 100 Å². The average molecular weight is 648 g/mol. The summed E-state index contributed by atoms with van der Waals surface area (Å²) in [5.41, 5.74) is 0.00650. The van der Waals surface area contributed by atoms with Gasteiger partial charge in [0.05, 0.1) is 16.5 Å². The molecule has 0 spiro atoms. The molecule has 3 amide bonds. The number of rotatable bonds is 15. The molecule has 0 aliphatic heterocycles. The summed E-state index contributed by atoms with van der Waals surface area (Å²) in [5, 5.41) is 18.7. The van der Waals surface area contributed by atoms with Gasteiger partial charge in [0.15, 0.2) is 0 Å². The van der Waals surface area contributed by atoms with E-state index in [9.17, 15) is 37.7 Å². The van der Waals surface area contributed by atoms with Crippen LogP contribution in [0.25, 0.3) is 0 Å². The minimum Gasteiger partial charge on any atom is -0.445 e. The highest BCUT2D eigenvalue weighted by Crippen LogP contribution is 2.30. The summed E-state index contributed by atoms with van der Waals surface area (Å²) in [6.07, 6.45) is -4.11. The van der Waals surface area contributed by atoms with E-state index in [0.29, 0.717) is 17.7 Å². The number of hydrogen-bond acceptors (Lipinski definition) is 8. The SMILES string of the molecule is C[C@H](NSc1ccc([N+](=O)[O-])cc1)C(=O)N[C@@H](CCCCNC(=O)OCc1ccccc1)C(=O)Nc1ccc(C(F)(F)F)cc1. The van der Waals surface area contributed by atoms with Crippen LogP contribution in [-0.2, 0) is 27.1 Å². The number of nitrogens with zero attached hydrogens (tertiary/aromatic N) is 1. The van der Waals surface area contributed by atoms with E-state index in [0.717, 1.165) is 41.8 Å². The number of alkyl carbamates (subject to hydrolysis) is 1. The largest absolute Gasteiger partial charge is 0.445 e. The van der Waals surface area contributed by atoms with E-state index in [-0.39, 0.29) is 30.9 Å². The zero-order valence-electron chi connectivity index (χ0n) is 24.1. The van der Waals surface area contributed by atoms with E-state index in [4.69, 9.17) is 4.74 Å². The lowest BCUT2D eigenvalue weighted by Crippen LogP contribution is -2.49. The van der Waals surface area contributed by atoms with Crippen LogP contribution in [0.4, 0.5) is 29.3 Å². The number of anilines is 1. The Hall–Kier alpha value is -4.63. The third-order valence-corrected chi connectivity index (χ3v) is 7.29. The normalized spacial score (nSPS) is 12.4. The number of ether oxygens (including phenoxy) is 1. The van der Waals surface area contributed by atoms with E-state index >= 15 is 0 Å². The Labute approximate surface area is 261 Å². The van der Waals surface area contributed by atoms with E-state index in [1.807, 2.05) is 30.3 Å². The van der Waals surface area contributed by atoms with Gasteiger partial charge in [0.2, 0.25) is 11.8 Å². The summed E-state index contributed by atoms with van der Waals surface area (Å²) in [6, 6.07) is 16.9. The lowest BCUT2D eigenvalue weighted by molar-refractivity contribution is -0.384. The summed E-state index contributed by atoms with van der Waals surface area (Å²) >= 11 is 1.07. The number of carbonyl (C=O) groups is 3. The van der Waals surface area contributed by atoms with Crippen LogP contribution >= 0.6 is 11.9 Å². The van der Waals surface area contributed by atoms with Gasteiger partial charge in [-0.1, -0.05) is 30.3 Å². The Bertz CT molecular complexity index is 1430. The maximum absolute atomic E-state index is 13.1. The minimum absolute atomic E-state index is 0.0775. The van der Waals surface area contributed by atoms with Gasteiger partial charge in [-0.3, -0.25) is 19.7 Å². The fraction of sp³-hybridized carbons (Fsp3) is 0.300. The van der Waals surface area contributed by atoms with Gasteiger partial charge < -0.3 is 20.7 Å². The highest BCUT2D eigenvalue weighted by Gasteiger charge is 2.30. The Morgan fingerprint density at radius 3 is 2.22 bits per heavy atom. The molecular formula is C30H32F3N5O6S. The van der Waals surface area contributed by atoms with Crippen molar-refractivity contribution >= 4 is 41.2 Å². The molecule has 0 saturated heterocycles. The smallest absolute Gasteiger partial charge is 0.416 e. The first-order chi connectivity index (χ1) is 21.4. The van der Waals surface area contributed by atoms with Gasteiger partial charge in [-0.05, 0) is 80.1 Å². The molecule has 11 nitrogen and oxygen atoms in total. The van der Waals surface area contributed by atoms with Crippen molar-refractivity contribution in [2.24, 2.45) is 0 Å². The molecule has 0 radical (unpaired) electrons. The molecule has 240 valence electrons. The fourth-order valence-electron chi connectivity index (χ4n) is 3.82. The number of alkyl halides is 3. The summed E-state index contributed by atoms with van der Waals surface area (Å²) in [7, 11) is 0. The predicted octanol–water partition coefficient (Wildman–Crippen LogP) is 5.82. The van der Waals surface area contributed by atoms with Crippen molar-refractivity contribution < 1.29 is 37.2 Å². The van der Waals surface area contributed by atoms with Crippen LogP contribution in [0.3, 0.4) is 0 Å². The van der Waals surface area contributed by atoms with Gasteiger partial charge >= 0.3 is 12.3 Å². The number of halogens is 3. The van der Waals surface area contributed by atoms with Crippen molar-refractivity contribution in [1.82, 2.24) is 15.4 Å². The molecule has 15 heteroatoms. The number of benzene rings is 3. The fourth-order valence-corrected chi connectivity index (χ4v) is 4.51. The molecule has 0 bridgehead atoms. The molecule has 0 unspecified atom stereocenters. The topological polar surface area (TPSA) is 152 Å². The number of carbonyl (C=O) groups excluding carboxylic acids is 3. The molecule has 4 N–H and O–H groups in total. The Balaban J connectivity index is 1.54. The number of amides is 3. The minimum atomic E-state index is -4.53. The van der Waals surface area contributed by atoms with Crippen LogP contribution in [0.1, 0.15) is 37.3 Å². The quantitative estimate of drug-likeness (QED) is 0.0698. The Morgan fingerprint density at radius 1 is 0.933 bits per heavy atom. The molecule has 0 aromatic heterocycles. The maximum atomic E-state index is 13.1. The first kappa shape index (κ1) is 34.9. The lowest BCUT2D eigenvalue weighted by atomic mass is 10.1. The molecule has 0 aliphatic carbocycles. The van der Waals surface area contributed by atoms with Crippen molar-refractivity contribution in [3.8, 4) is 0 Å². The first-order valence-corrected chi connectivity index (χ1v) is 14.6.